The molecule has 3 aromatic carbocycles. The van der Waals surface area contributed by atoms with Crippen LogP contribution in [0.4, 0.5) is 4.79 Å². The van der Waals surface area contributed by atoms with Crippen molar-refractivity contribution >= 4 is 23.9 Å². The van der Waals surface area contributed by atoms with E-state index in [4.69, 9.17) is 4.74 Å². The molecule has 4 nitrogen and oxygen atoms in total. The first-order valence-electron chi connectivity index (χ1n) is 11.6. The second kappa shape index (κ2) is 10.5. The van der Waals surface area contributed by atoms with Crippen LogP contribution in [0.2, 0.25) is 0 Å². The van der Waals surface area contributed by atoms with Gasteiger partial charge in [-0.05, 0) is 17.7 Å². The molecule has 5 heteroatoms. The Kier molecular flexibility index (Phi) is 7.44. The lowest BCUT2D eigenvalue weighted by Gasteiger charge is -2.40. The molecule has 1 N–H and O–H groups in total. The fraction of sp³-hybridized carbons (Fsp3) is 0.276. The van der Waals surface area contributed by atoms with Gasteiger partial charge < -0.3 is 9.84 Å². The smallest absolute Gasteiger partial charge is 0.412 e. The van der Waals surface area contributed by atoms with E-state index in [1.165, 1.54) is 11.8 Å². The topological polar surface area (TPSA) is 49.8 Å². The third kappa shape index (κ3) is 4.50. The number of nitrogens with zero attached hydrogens (tertiary/aromatic N) is 1. The van der Waals surface area contributed by atoms with Gasteiger partial charge in [-0.25, -0.2) is 4.79 Å². The van der Waals surface area contributed by atoms with Gasteiger partial charge in [-0.1, -0.05) is 117 Å². The number of carbonyl (C=O) groups excluding carboxylic acids is 1. The first kappa shape index (κ1) is 24.1. The van der Waals surface area contributed by atoms with Crippen molar-refractivity contribution in [2.45, 2.75) is 37.0 Å². The first-order valence-corrected chi connectivity index (χ1v) is 12.8. The van der Waals surface area contributed by atoms with Crippen LogP contribution < -0.4 is 0 Å². The number of benzene rings is 3. The van der Waals surface area contributed by atoms with Crippen LogP contribution in [0, 0.1) is 5.92 Å². The summed E-state index contributed by atoms with van der Waals surface area (Å²) < 4.78 is 6.34. The fourth-order valence-corrected chi connectivity index (χ4v) is 5.71. The number of carbonyl (C=O) groups is 1. The zero-order chi connectivity index (χ0) is 24.1. The van der Waals surface area contributed by atoms with E-state index < -0.39 is 23.2 Å². The number of amides is 1. The molecule has 1 heterocycles. The molecule has 3 aromatic rings. The van der Waals surface area contributed by atoms with Crippen LogP contribution in [-0.2, 0) is 10.3 Å². The Labute approximate surface area is 206 Å². The molecule has 1 saturated heterocycles. The number of aliphatic hydroxyl groups is 1. The second-order valence-electron chi connectivity index (χ2n) is 8.82. The number of aliphatic hydroxyl groups excluding tert-OH is 1. The number of thioether (sulfide) groups is 1. The standard InChI is InChI=1S/C29H31NO3S/c1-21(2)26-29(23-15-9-5-10-16-23,24-17-11-6-12-18-24)33-28(32)30(26)27(34-3)25(31)20-19-22-13-7-4-8-14-22/h4-21,25-27,31H,1-3H3/b20-19+/t25-,26+,27+/m1/s1. The van der Waals surface area contributed by atoms with E-state index in [-0.39, 0.29) is 12.0 Å². The Hall–Kier alpha value is -3.02. The number of rotatable bonds is 8. The van der Waals surface area contributed by atoms with Gasteiger partial charge in [0.15, 0.2) is 5.60 Å². The largest absolute Gasteiger partial charge is 0.431 e. The van der Waals surface area contributed by atoms with Crippen molar-refractivity contribution in [2.75, 3.05) is 6.26 Å². The van der Waals surface area contributed by atoms with Gasteiger partial charge in [0.1, 0.15) is 11.5 Å². The van der Waals surface area contributed by atoms with Crippen molar-refractivity contribution in [1.29, 1.82) is 0 Å². The van der Waals surface area contributed by atoms with Crippen LogP contribution in [0.1, 0.15) is 30.5 Å². The van der Waals surface area contributed by atoms with E-state index >= 15 is 0 Å². The minimum Gasteiger partial charge on any atom is -0.431 e. The number of cyclic esters (lactones) is 1. The summed E-state index contributed by atoms with van der Waals surface area (Å²) >= 11 is 1.45. The quantitative estimate of drug-likeness (QED) is 0.425. The lowest BCUT2D eigenvalue weighted by Crippen LogP contribution is -2.53. The molecule has 34 heavy (non-hydrogen) atoms. The Morgan fingerprint density at radius 2 is 1.41 bits per heavy atom. The van der Waals surface area contributed by atoms with Gasteiger partial charge in [-0.15, -0.1) is 11.8 Å². The van der Waals surface area contributed by atoms with Gasteiger partial charge in [-0.3, -0.25) is 4.90 Å². The summed E-state index contributed by atoms with van der Waals surface area (Å²) in [5, 5.41) is 10.7. The average molecular weight is 474 g/mol. The van der Waals surface area contributed by atoms with Crippen LogP contribution in [-0.4, -0.2) is 39.9 Å². The molecular weight excluding hydrogens is 442 g/mol. The molecule has 0 bridgehead atoms. The zero-order valence-corrected chi connectivity index (χ0v) is 20.6. The van der Waals surface area contributed by atoms with Gasteiger partial charge in [0, 0.05) is 11.1 Å². The van der Waals surface area contributed by atoms with Gasteiger partial charge in [0.2, 0.25) is 0 Å². The predicted molar refractivity (Wildman–Crippen MR) is 139 cm³/mol. The predicted octanol–water partition coefficient (Wildman–Crippen LogP) is 6.17. The van der Waals surface area contributed by atoms with Crippen molar-refractivity contribution < 1.29 is 14.6 Å². The Balaban J connectivity index is 1.78. The maximum absolute atomic E-state index is 13.6. The molecule has 3 atom stereocenters. The number of hydrogen-bond acceptors (Lipinski definition) is 4. The van der Waals surface area contributed by atoms with Gasteiger partial charge in [-0.2, -0.15) is 0 Å². The van der Waals surface area contributed by atoms with Gasteiger partial charge in [0.25, 0.3) is 0 Å². The highest BCUT2D eigenvalue weighted by atomic mass is 32.2. The monoisotopic (exact) mass is 473 g/mol. The lowest BCUT2D eigenvalue weighted by molar-refractivity contribution is 0.0512. The van der Waals surface area contributed by atoms with E-state index in [0.717, 1.165) is 16.7 Å². The van der Waals surface area contributed by atoms with Gasteiger partial charge >= 0.3 is 6.09 Å². The van der Waals surface area contributed by atoms with Crippen LogP contribution in [0.3, 0.4) is 0 Å². The van der Waals surface area contributed by atoms with Crippen molar-refractivity contribution in [3.63, 3.8) is 0 Å². The second-order valence-corrected chi connectivity index (χ2v) is 9.77. The lowest BCUT2D eigenvalue weighted by atomic mass is 9.75. The molecular formula is C29H31NO3S. The summed E-state index contributed by atoms with van der Waals surface area (Å²) in [6.07, 6.45) is 4.28. The molecule has 1 aliphatic rings. The van der Waals surface area contributed by atoms with Gasteiger partial charge in [0.05, 0.1) is 6.04 Å². The summed E-state index contributed by atoms with van der Waals surface area (Å²) in [4.78, 5) is 15.3. The third-order valence-corrected chi connectivity index (χ3v) is 7.29. The highest BCUT2D eigenvalue weighted by Gasteiger charge is 2.59. The van der Waals surface area contributed by atoms with Crippen molar-refractivity contribution in [3.05, 3.63) is 114 Å². The van der Waals surface area contributed by atoms with E-state index in [2.05, 4.69) is 13.8 Å². The first-order chi connectivity index (χ1) is 16.5. The SMILES string of the molecule is CS[C@@H]([C@H](O)/C=C/c1ccccc1)N1C(=O)OC(c2ccccc2)(c2ccccc2)[C@@H]1C(C)C. The minimum absolute atomic E-state index is 0.0619. The van der Waals surface area contributed by atoms with Crippen molar-refractivity contribution in [2.24, 2.45) is 5.92 Å². The molecule has 1 aliphatic heterocycles. The maximum atomic E-state index is 13.6. The highest BCUT2D eigenvalue weighted by Crippen LogP contribution is 2.49. The normalized spacial score (nSPS) is 19.4. The Bertz CT molecular complexity index is 1060. The Morgan fingerprint density at radius 1 is 0.912 bits per heavy atom. The summed E-state index contributed by atoms with van der Waals surface area (Å²) in [7, 11) is 0. The molecule has 176 valence electrons. The van der Waals surface area contributed by atoms with E-state index in [0.29, 0.717) is 0 Å². The summed E-state index contributed by atoms with van der Waals surface area (Å²) in [5.74, 6) is 0.0619. The fourth-order valence-electron chi connectivity index (χ4n) is 4.90. The minimum atomic E-state index is -0.982. The molecule has 1 fully saturated rings. The van der Waals surface area contributed by atoms with Crippen LogP contribution >= 0.6 is 11.8 Å². The molecule has 4 rings (SSSR count). The van der Waals surface area contributed by atoms with Crippen molar-refractivity contribution in [3.8, 4) is 0 Å². The summed E-state index contributed by atoms with van der Waals surface area (Å²) in [6, 6.07) is 29.4. The zero-order valence-electron chi connectivity index (χ0n) is 19.7. The summed E-state index contributed by atoms with van der Waals surface area (Å²) in [5.41, 5.74) is 1.86. The van der Waals surface area contributed by atoms with Crippen molar-refractivity contribution in [1.82, 2.24) is 4.90 Å². The van der Waals surface area contributed by atoms with E-state index in [1.54, 1.807) is 11.0 Å². The van der Waals surface area contributed by atoms with Crippen LogP contribution in [0.25, 0.3) is 6.08 Å². The van der Waals surface area contributed by atoms with E-state index in [9.17, 15) is 9.90 Å². The molecule has 0 aliphatic carbocycles. The average Bonchev–Trinajstić information content (AvgIpc) is 3.19. The molecule has 1 amide bonds. The Morgan fingerprint density at radius 3 is 1.88 bits per heavy atom. The molecule has 0 unspecified atom stereocenters. The van der Waals surface area contributed by atoms with Crippen LogP contribution in [0.15, 0.2) is 97.1 Å². The van der Waals surface area contributed by atoms with Crippen LogP contribution in [0.5, 0.6) is 0 Å². The number of hydrogen-bond donors (Lipinski definition) is 1. The highest BCUT2D eigenvalue weighted by molar-refractivity contribution is 7.99. The third-order valence-electron chi connectivity index (χ3n) is 6.31. The molecule has 0 radical (unpaired) electrons. The molecule has 0 spiro atoms. The maximum Gasteiger partial charge on any atom is 0.412 e. The molecule has 0 aromatic heterocycles. The molecule has 0 saturated carbocycles. The summed E-state index contributed by atoms with van der Waals surface area (Å²) in [6.45, 7) is 4.20. The van der Waals surface area contributed by atoms with E-state index in [1.807, 2.05) is 103 Å². The number of ether oxygens (including phenoxy) is 1.